The van der Waals surface area contributed by atoms with Gasteiger partial charge in [-0.2, -0.15) is 0 Å². The summed E-state index contributed by atoms with van der Waals surface area (Å²) in [7, 11) is 0. The number of hydrogen-bond acceptors (Lipinski definition) is 4. The highest BCUT2D eigenvalue weighted by Crippen LogP contribution is 2.55. The van der Waals surface area contributed by atoms with Crippen molar-refractivity contribution in [2.45, 2.75) is 23.5 Å². The summed E-state index contributed by atoms with van der Waals surface area (Å²) in [4.78, 5) is 25.6. The van der Waals surface area contributed by atoms with E-state index >= 15 is 0 Å². The average Bonchev–Trinajstić information content (AvgIpc) is 3.26. The average molecular weight is 420 g/mol. The van der Waals surface area contributed by atoms with Crippen molar-refractivity contribution < 1.29 is 9.72 Å². The molecule has 1 spiro atoms. The molecule has 1 saturated heterocycles. The zero-order valence-corrected chi connectivity index (χ0v) is 16.5. The van der Waals surface area contributed by atoms with Crippen LogP contribution >= 0.6 is 11.6 Å². The van der Waals surface area contributed by atoms with Crippen molar-refractivity contribution in [3.63, 3.8) is 0 Å². The van der Waals surface area contributed by atoms with Gasteiger partial charge in [-0.05, 0) is 29.3 Å². The molecule has 0 bridgehead atoms. The van der Waals surface area contributed by atoms with Crippen LogP contribution in [0.4, 0.5) is 5.69 Å². The summed E-state index contributed by atoms with van der Waals surface area (Å²) < 4.78 is 0. The molecule has 1 amide bonds. The Hall–Kier alpha value is -3.22. The number of hydrogen-bond donors (Lipinski definition) is 2. The van der Waals surface area contributed by atoms with Crippen LogP contribution in [-0.2, 0) is 10.3 Å². The molecule has 5 rings (SSSR count). The van der Waals surface area contributed by atoms with Gasteiger partial charge in [0.15, 0.2) is 0 Å². The molecule has 2 heterocycles. The first kappa shape index (κ1) is 18.8. The Morgan fingerprint density at radius 3 is 2.27 bits per heavy atom. The molecule has 7 heteroatoms. The molecule has 3 aromatic carbocycles. The summed E-state index contributed by atoms with van der Waals surface area (Å²) in [6.45, 7) is 0. The van der Waals surface area contributed by atoms with Crippen LogP contribution < -0.4 is 10.6 Å². The number of amides is 1. The monoisotopic (exact) mass is 419 g/mol. The first-order valence-electron chi connectivity index (χ1n) is 9.65. The van der Waals surface area contributed by atoms with Gasteiger partial charge in [0, 0.05) is 21.2 Å². The summed E-state index contributed by atoms with van der Waals surface area (Å²) in [6, 6.07) is 21.9. The van der Waals surface area contributed by atoms with Gasteiger partial charge in [-0.15, -0.1) is 0 Å². The lowest BCUT2D eigenvalue weighted by atomic mass is 9.74. The van der Waals surface area contributed by atoms with Crippen LogP contribution in [0.2, 0.25) is 5.02 Å². The third-order valence-corrected chi connectivity index (χ3v) is 6.37. The third kappa shape index (κ3) is 2.65. The third-order valence-electron chi connectivity index (χ3n) is 6.12. The normalized spacial score (nSPS) is 27.1. The second kappa shape index (κ2) is 6.93. The molecule has 150 valence electrons. The minimum absolute atomic E-state index is 0.271. The van der Waals surface area contributed by atoms with Gasteiger partial charge in [0.2, 0.25) is 11.9 Å². The number of nitrogens with zero attached hydrogens (tertiary/aromatic N) is 1. The summed E-state index contributed by atoms with van der Waals surface area (Å²) in [5, 5.41) is 19.3. The van der Waals surface area contributed by atoms with E-state index in [1.165, 1.54) is 0 Å². The van der Waals surface area contributed by atoms with E-state index in [1.807, 2.05) is 54.6 Å². The Morgan fingerprint density at radius 2 is 1.57 bits per heavy atom. The summed E-state index contributed by atoms with van der Waals surface area (Å²) in [6.07, 6.45) is 0. The van der Waals surface area contributed by atoms with Crippen LogP contribution in [0.15, 0.2) is 78.9 Å². The smallest absolute Gasteiger partial charge is 0.250 e. The van der Waals surface area contributed by atoms with Crippen LogP contribution in [0.1, 0.15) is 28.7 Å². The Bertz CT molecular complexity index is 1140. The second-order valence-electron chi connectivity index (χ2n) is 7.65. The van der Waals surface area contributed by atoms with Gasteiger partial charge >= 0.3 is 0 Å². The van der Waals surface area contributed by atoms with E-state index in [4.69, 9.17) is 11.6 Å². The molecule has 2 aliphatic heterocycles. The molecule has 0 unspecified atom stereocenters. The number of anilines is 1. The number of nitro groups is 1. The zero-order chi connectivity index (χ0) is 20.9. The number of para-hydroxylation sites is 1. The van der Waals surface area contributed by atoms with Crippen molar-refractivity contribution in [3.8, 4) is 0 Å². The van der Waals surface area contributed by atoms with Gasteiger partial charge in [-0.25, -0.2) is 0 Å². The first-order chi connectivity index (χ1) is 14.5. The van der Waals surface area contributed by atoms with E-state index in [2.05, 4.69) is 10.6 Å². The minimum atomic E-state index is -1.26. The minimum Gasteiger partial charge on any atom is -0.324 e. The molecule has 1 fully saturated rings. The molecule has 0 saturated carbocycles. The number of fused-ring (bicyclic) bond motifs is 2. The SMILES string of the molecule is O=C1Nc2ccccc2[C@]12N[C@@H](c1ccccc1)[C@@H]([N+](=O)[O-])[C@@H]2c1ccc(Cl)cc1. The van der Waals surface area contributed by atoms with Crippen LogP contribution in [-0.4, -0.2) is 16.9 Å². The molecule has 6 nitrogen and oxygen atoms in total. The Balaban J connectivity index is 1.77. The van der Waals surface area contributed by atoms with Gasteiger partial charge in [0.05, 0.1) is 5.92 Å². The van der Waals surface area contributed by atoms with Gasteiger partial charge in [-0.3, -0.25) is 20.2 Å². The number of nitrogens with one attached hydrogen (secondary N) is 2. The predicted octanol–water partition coefficient (Wildman–Crippen LogP) is 4.26. The fourth-order valence-electron chi connectivity index (χ4n) is 4.90. The van der Waals surface area contributed by atoms with E-state index in [0.717, 1.165) is 11.1 Å². The van der Waals surface area contributed by atoms with Gasteiger partial charge in [0.1, 0.15) is 11.6 Å². The summed E-state index contributed by atoms with van der Waals surface area (Å²) >= 11 is 6.07. The lowest BCUT2D eigenvalue weighted by Gasteiger charge is -2.29. The van der Waals surface area contributed by atoms with Gasteiger partial charge in [-0.1, -0.05) is 72.3 Å². The maximum Gasteiger partial charge on any atom is 0.250 e. The zero-order valence-electron chi connectivity index (χ0n) is 15.8. The quantitative estimate of drug-likeness (QED) is 0.490. The van der Waals surface area contributed by atoms with Crippen molar-refractivity contribution in [2.24, 2.45) is 0 Å². The van der Waals surface area contributed by atoms with Crippen molar-refractivity contribution in [2.75, 3.05) is 5.32 Å². The maximum atomic E-state index is 13.4. The number of rotatable bonds is 3. The van der Waals surface area contributed by atoms with E-state index in [9.17, 15) is 14.9 Å². The molecule has 2 aliphatic rings. The Labute approximate surface area is 178 Å². The maximum absolute atomic E-state index is 13.4. The molecule has 0 radical (unpaired) electrons. The van der Waals surface area contributed by atoms with E-state index in [0.29, 0.717) is 16.3 Å². The highest BCUT2D eigenvalue weighted by atomic mass is 35.5. The largest absolute Gasteiger partial charge is 0.324 e. The summed E-state index contributed by atoms with van der Waals surface area (Å²) in [5.74, 6) is -1.01. The Kier molecular flexibility index (Phi) is 4.34. The van der Waals surface area contributed by atoms with Crippen LogP contribution in [0.25, 0.3) is 0 Å². The highest BCUT2D eigenvalue weighted by Gasteiger charge is 2.66. The summed E-state index contributed by atoms with van der Waals surface area (Å²) in [5.41, 5.74) is 1.60. The van der Waals surface area contributed by atoms with Crippen molar-refractivity contribution >= 4 is 23.2 Å². The van der Waals surface area contributed by atoms with Gasteiger partial charge in [0.25, 0.3) is 0 Å². The van der Waals surface area contributed by atoms with Crippen molar-refractivity contribution in [1.29, 1.82) is 0 Å². The molecular formula is C23H18ClN3O3. The molecular weight excluding hydrogens is 402 g/mol. The van der Waals surface area contributed by atoms with Crippen molar-refractivity contribution in [3.05, 3.63) is 111 Å². The molecule has 0 aliphatic carbocycles. The van der Waals surface area contributed by atoms with Crippen molar-refractivity contribution in [1.82, 2.24) is 5.32 Å². The number of benzene rings is 3. The molecule has 0 aromatic heterocycles. The molecule has 2 N–H and O–H groups in total. The predicted molar refractivity (Wildman–Crippen MR) is 114 cm³/mol. The van der Waals surface area contributed by atoms with Crippen LogP contribution in [0.3, 0.4) is 0 Å². The van der Waals surface area contributed by atoms with E-state index in [-0.39, 0.29) is 10.8 Å². The number of carbonyl (C=O) groups excluding carboxylic acids is 1. The Morgan fingerprint density at radius 1 is 0.900 bits per heavy atom. The first-order valence-corrected chi connectivity index (χ1v) is 10.0. The number of carbonyl (C=O) groups is 1. The highest BCUT2D eigenvalue weighted by molar-refractivity contribution is 6.30. The van der Waals surface area contributed by atoms with E-state index in [1.54, 1.807) is 24.3 Å². The van der Waals surface area contributed by atoms with Gasteiger partial charge < -0.3 is 5.32 Å². The lowest BCUT2D eigenvalue weighted by molar-refractivity contribution is -0.527. The fourth-order valence-corrected chi connectivity index (χ4v) is 5.03. The molecule has 3 aromatic rings. The molecule has 4 atom stereocenters. The topological polar surface area (TPSA) is 84.3 Å². The number of halogens is 1. The molecule has 30 heavy (non-hydrogen) atoms. The second-order valence-corrected chi connectivity index (χ2v) is 8.08. The van der Waals surface area contributed by atoms with Crippen LogP contribution in [0.5, 0.6) is 0 Å². The lowest BCUT2D eigenvalue weighted by Crippen LogP contribution is -2.48. The standard InChI is InChI=1S/C23H18ClN3O3/c24-16-12-10-14(11-13-16)19-21(27(29)30)20(15-6-2-1-3-7-15)26-23(19)17-8-4-5-9-18(17)25-22(23)28/h1-13,19-21,26H,(H,25,28)/t19-,20-,21-,23+/m0/s1. The fraction of sp³-hybridized carbons (Fsp3) is 0.174. The van der Waals surface area contributed by atoms with Crippen LogP contribution in [0, 0.1) is 10.1 Å². The van der Waals surface area contributed by atoms with E-state index < -0.39 is 23.5 Å².